The van der Waals surface area contributed by atoms with Gasteiger partial charge in [0, 0.05) is 30.5 Å². The van der Waals surface area contributed by atoms with E-state index < -0.39 is 24.7 Å². The predicted molar refractivity (Wildman–Crippen MR) is 85.7 cm³/mol. The van der Waals surface area contributed by atoms with E-state index in [0.29, 0.717) is 25.9 Å². The predicted octanol–water partition coefficient (Wildman–Crippen LogP) is 2.37. The van der Waals surface area contributed by atoms with Crippen LogP contribution in [-0.2, 0) is 0 Å². The molecular weight excluding hydrogens is 393 g/mol. The van der Waals surface area contributed by atoms with Crippen molar-refractivity contribution in [2.75, 3.05) is 25.0 Å². The Hall–Kier alpha value is -1.68. The van der Waals surface area contributed by atoms with Gasteiger partial charge in [0.25, 0.3) is 5.91 Å². The normalized spacial score (nSPS) is 16.1. The molecule has 1 aliphatic rings. The number of hydrogen-bond acceptors (Lipinski definition) is 5. The summed E-state index contributed by atoms with van der Waals surface area (Å²) in [5, 5.41) is 19.2. The van der Waals surface area contributed by atoms with Crippen LogP contribution in [0.25, 0.3) is 0 Å². The summed E-state index contributed by atoms with van der Waals surface area (Å²) < 4.78 is 37.1. The van der Waals surface area contributed by atoms with E-state index in [0.717, 1.165) is 0 Å². The highest BCUT2D eigenvalue weighted by molar-refractivity contribution is 9.18. The number of halogens is 4. The minimum absolute atomic E-state index is 0.00425. The number of nitrogens with one attached hydrogen (secondary N) is 2. The average Bonchev–Trinajstić information content (AvgIpc) is 2.52. The van der Waals surface area contributed by atoms with Gasteiger partial charge in [0.1, 0.15) is 16.9 Å². The van der Waals surface area contributed by atoms with E-state index in [4.69, 9.17) is 5.41 Å². The molecule has 0 bridgehead atoms. The van der Waals surface area contributed by atoms with Crippen LogP contribution in [0, 0.1) is 5.41 Å². The fourth-order valence-electron chi connectivity index (χ4n) is 2.32. The van der Waals surface area contributed by atoms with Gasteiger partial charge in [-0.3, -0.25) is 15.2 Å². The third-order valence-electron chi connectivity index (χ3n) is 3.59. The van der Waals surface area contributed by atoms with Crippen LogP contribution in [0.2, 0.25) is 0 Å². The second-order valence-electron chi connectivity index (χ2n) is 5.42. The Morgan fingerprint density at radius 3 is 2.62 bits per heavy atom. The van der Waals surface area contributed by atoms with Gasteiger partial charge < -0.3 is 15.3 Å². The number of anilines is 1. The van der Waals surface area contributed by atoms with E-state index in [2.05, 4.69) is 26.2 Å². The molecule has 132 valence electrons. The van der Waals surface area contributed by atoms with Crippen molar-refractivity contribution in [3.8, 4) is 0 Å². The molecule has 0 atom stereocenters. The molecule has 1 aromatic rings. The number of aliphatic hydroxyl groups excluding tert-OH is 1. The first-order chi connectivity index (χ1) is 11.2. The van der Waals surface area contributed by atoms with Gasteiger partial charge in [-0.05, 0) is 34.8 Å². The number of pyridine rings is 1. The first-order valence-corrected chi connectivity index (χ1v) is 7.99. The van der Waals surface area contributed by atoms with Crippen molar-refractivity contribution in [1.82, 2.24) is 9.88 Å². The smallest absolute Gasteiger partial charge is 0.393 e. The van der Waals surface area contributed by atoms with Gasteiger partial charge in [-0.2, -0.15) is 13.2 Å². The molecule has 0 unspecified atom stereocenters. The molecule has 0 radical (unpaired) electrons. The van der Waals surface area contributed by atoms with Crippen LogP contribution >= 0.6 is 15.9 Å². The highest BCUT2D eigenvalue weighted by atomic mass is 79.9. The van der Waals surface area contributed by atoms with Gasteiger partial charge in [0.05, 0.1) is 6.10 Å². The lowest BCUT2D eigenvalue weighted by Gasteiger charge is -2.29. The van der Waals surface area contributed by atoms with E-state index in [-0.39, 0.29) is 21.6 Å². The Morgan fingerprint density at radius 1 is 1.46 bits per heavy atom. The van der Waals surface area contributed by atoms with E-state index in [9.17, 15) is 23.1 Å². The highest BCUT2D eigenvalue weighted by Gasteiger charge is 2.28. The van der Waals surface area contributed by atoms with Gasteiger partial charge in [-0.25, -0.2) is 0 Å². The second kappa shape index (κ2) is 7.47. The van der Waals surface area contributed by atoms with Crippen molar-refractivity contribution >= 4 is 32.1 Å². The molecule has 0 aromatic carbocycles. The molecule has 1 amide bonds. The summed E-state index contributed by atoms with van der Waals surface area (Å²) >= 11 is 2.90. The zero-order valence-corrected chi connectivity index (χ0v) is 14.1. The molecule has 1 aliphatic heterocycles. The topological polar surface area (TPSA) is 89.3 Å². The van der Waals surface area contributed by atoms with Crippen LogP contribution in [0.1, 0.15) is 28.9 Å². The maximum absolute atomic E-state index is 12.4. The minimum atomic E-state index is -4.43. The zero-order valence-electron chi connectivity index (χ0n) is 12.5. The van der Waals surface area contributed by atoms with E-state index in [1.807, 2.05) is 0 Å². The standard InChI is InChI=1S/C14H16BrF3N4O2/c15-12(19)9-6-20-11(5-10(9)21-7-14(16,17)18)13(24)22-3-1-8(23)2-4-22/h5-6,8,19,23H,1-4,7H2,(H,20,21). The number of alkyl halides is 3. The fraction of sp³-hybridized carbons (Fsp3) is 0.500. The Balaban J connectivity index is 2.21. The minimum Gasteiger partial charge on any atom is -0.393 e. The molecule has 1 fully saturated rings. The number of hydrogen-bond donors (Lipinski definition) is 3. The van der Waals surface area contributed by atoms with Crippen LogP contribution in [0.5, 0.6) is 0 Å². The number of aliphatic hydroxyl groups is 1. The van der Waals surface area contributed by atoms with E-state index in [1.54, 1.807) is 0 Å². The van der Waals surface area contributed by atoms with Gasteiger partial charge in [-0.1, -0.05) is 0 Å². The Bertz CT molecular complexity index is 631. The average molecular weight is 409 g/mol. The first-order valence-electron chi connectivity index (χ1n) is 7.20. The Labute approximate surface area is 144 Å². The lowest BCUT2D eigenvalue weighted by Crippen LogP contribution is -2.40. The van der Waals surface area contributed by atoms with Crippen LogP contribution in [0.4, 0.5) is 18.9 Å². The van der Waals surface area contributed by atoms with Crippen molar-refractivity contribution in [2.45, 2.75) is 25.1 Å². The van der Waals surface area contributed by atoms with Gasteiger partial charge in [-0.15, -0.1) is 0 Å². The second-order valence-corrected chi connectivity index (χ2v) is 6.21. The van der Waals surface area contributed by atoms with Crippen LogP contribution in [0.15, 0.2) is 12.3 Å². The summed E-state index contributed by atoms with van der Waals surface area (Å²) in [7, 11) is 0. The van der Waals surface area contributed by atoms with Crippen LogP contribution < -0.4 is 5.32 Å². The molecule has 2 heterocycles. The molecule has 24 heavy (non-hydrogen) atoms. The quantitative estimate of drug-likeness (QED) is 0.667. The third-order valence-corrected chi connectivity index (χ3v) is 4.02. The first kappa shape index (κ1) is 18.7. The van der Waals surface area contributed by atoms with Crippen molar-refractivity contribution in [2.24, 2.45) is 0 Å². The third kappa shape index (κ3) is 4.91. The largest absolute Gasteiger partial charge is 0.405 e. The van der Waals surface area contributed by atoms with Crippen molar-refractivity contribution in [1.29, 1.82) is 5.41 Å². The SMILES string of the molecule is N=C(Br)c1cnc(C(=O)N2CCC(O)CC2)cc1NCC(F)(F)F. The monoisotopic (exact) mass is 408 g/mol. The van der Waals surface area contributed by atoms with Crippen LogP contribution in [-0.4, -0.2) is 57.4 Å². The molecule has 0 spiro atoms. The molecule has 10 heteroatoms. The van der Waals surface area contributed by atoms with Crippen molar-refractivity contribution in [3.63, 3.8) is 0 Å². The van der Waals surface area contributed by atoms with Gasteiger partial charge in [0.15, 0.2) is 0 Å². The summed E-state index contributed by atoms with van der Waals surface area (Å²) in [6.45, 7) is -0.556. The molecule has 0 aliphatic carbocycles. The molecule has 6 nitrogen and oxygen atoms in total. The molecular formula is C14H16BrF3N4O2. The number of carbonyl (C=O) groups is 1. The Morgan fingerprint density at radius 2 is 2.08 bits per heavy atom. The summed E-state index contributed by atoms with van der Waals surface area (Å²) in [4.78, 5) is 17.9. The van der Waals surface area contributed by atoms with Crippen molar-refractivity contribution < 1.29 is 23.1 Å². The maximum atomic E-state index is 12.4. The number of rotatable bonds is 4. The Kier molecular flexibility index (Phi) is 5.81. The summed E-state index contributed by atoms with van der Waals surface area (Å²) in [6, 6.07) is 1.21. The number of aromatic nitrogens is 1. The maximum Gasteiger partial charge on any atom is 0.405 e. The fourth-order valence-corrected chi connectivity index (χ4v) is 2.64. The number of amides is 1. The van der Waals surface area contributed by atoms with Crippen molar-refractivity contribution in [3.05, 3.63) is 23.5 Å². The number of likely N-dealkylation sites (tertiary alicyclic amines) is 1. The number of nitrogens with zero attached hydrogens (tertiary/aromatic N) is 2. The lowest BCUT2D eigenvalue weighted by atomic mass is 10.1. The molecule has 1 aromatic heterocycles. The molecule has 0 saturated carbocycles. The summed E-state index contributed by atoms with van der Waals surface area (Å²) in [6.07, 6.45) is -2.78. The van der Waals surface area contributed by atoms with Gasteiger partial charge >= 0.3 is 6.18 Å². The number of carbonyl (C=O) groups excluding carboxylic acids is 1. The number of piperidine rings is 1. The summed E-state index contributed by atoms with van der Waals surface area (Å²) in [5.74, 6) is -0.412. The van der Waals surface area contributed by atoms with E-state index in [1.165, 1.54) is 17.2 Å². The highest BCUT2D eigenvalue weighted by Crippen LogP contribution is 2.23. The summed E-state index contributed by atoms with van der Waals surface area (Å²) in [5.41, 5.74) is 0.128. The zero-order chi connectivity index (χ0) is 17.9. The van der Waals surface area contributed by atoms with E-state index >= 15 is 0 Å². The van der Waals surface area contributed by atoms with Crippen LogP contribution in [0.3, 0.4) is 0 Å². The lowest BCUT2D eigenvalue weighted by molar-refractivity contribution is -0.115. The molecule has 3 N–H and O–H groups in total. The molecule has 2 rings (SSSR count). The van der Waals surface area contributed by atoms with Gasteiger partial charge in [0.2, 0.25) is 0 Å². The molecule has 1 saturated heterocycles.